The molecule has 0 amide bonds. The van der Waals surface area contributed by atoms with E-state index in [4.69, 9.17) is 28.8 Å². The number of aryl methyl sites for hydroxylation is 1. The summed E-state index contributed by atoms with van der Waals surface area (Å²) in [5.41, 5.74) is 0. The molecule has 140 valence electrons. The quantitative estimate of drug-likeness (QED) is 0.345. The van der Waals surface area contributed by atoms with E-state index in [9.17, 15) is 0 Å². The maximum Gasteiger partial charge on any atom is 0.243 e. The summed E-state index contributed by atoms with van der Waals surface area (Å²) in [7, 11) is 1.66. The number of rotatable bonds is 13. The smallest absolute Gasteiger partial charge is 0.243 e. The zero-order valence-corrected chi connectivity index (χ0v) is 14.9. The predicted molar refractivity (Wildman–Crippen MR) is 85.3 cm³/mol. The van der Waals surface area contributed by atoms with Crippen LogP contribution in [0, 0.1) is 0 Å². The Labute approximate surface area is 143 Å². The van der Waals surface area contributed by atoms with Gasteiger partial charge in [0.2, 0.25) is 6.33 Å². The van der Waals surface area contributed by atoms with Crippen LogP contribution in [-0.4, -0.2) is 63.9 Å². The lowest BCUT2D eigenvalue weighted by molar-refractivity contribution is -0.698. The molecule has 0 aromatic carbocycles. The van der Waals surface area contributed by atoms with Crippen LogP contribution >= 0.6 is 0 Å². The number of ether oxygens (including phenoxy) is 4. The monoisotopic (exact) mass is 346 g/mol. The van der Waals surface area contributed by atoms with Gasteiger partial charge in [0.25, 0.3) is 0 Å². The van der Waals surface area contributed by atoms with Crippen molar-refractivity contribution in [1.82, 2.24) is 4.57 Å². The summed E-state index contributed by atoms with van der Waals surface area (Å²) in [5, 5.41) is 8.89. The molecule has 0 aliphatic rings. The number of hydrogen-bond acceptors (Lipinski definition) is 6. The van der Waals surface area contributed by atoms with E-state index >= 15 is 0 Å². The average Bonchev–Trinajstić information content (AvgIpc) is 3.00. The van der Waals surface area contributed by atoms with E-state index in [-0.39, 0.29) is 0 Å². The first-order chi connectivity index (χ1) is 11.6. The number of carboxylic acids is 1. The SMILES string of the molecule is CC(=O)[O-].CCn1cc[n+](CCOCCOCCOCCOC)c1. The summed E-state index contributed by atoms with van der Waals surface area (Å²) in [6.45, 7) is 9.32. The number of aromatic nitrogens is 2. The number of carbonyl (C=O) groups is 1. The van der Waals surface area contributed by atoms with Gasteiger partial charge < -0.3 is 28.8 Å². The first-order valence-electron chi connectivity index (χ1n) is 8.04. The maximum atomic E-state index is 8.89. The molecule has 1 aromatic rings. The highest BCUT2D eigenvalue weighted by atomic mass is 16.6. The third-order valence-electron chi connectivity index (χ3n) is 2.78. The minimum atomic E-state index is -1.08. The van der Waals surface area contributed by atoms with Gasteiger partial charge in [-0.2, -0.15) is 0 Å². The third kappa shape index (κ3) is 15.4. The Morgan fingerprint density at radius 3 is 2.00 bits per heavy atom. The maximum absolute atomic E-state index is 8.89. The molecule has 0 unspecified atom stereocenters. The highest BCUT2D eigenvalue weighted by molar-refractivity contribution is 5.60. The Balaban J connectivity index is 0.00000118. The van der Waals surface area contributed by atoms with Gasteiger partial charge in [0.15, 0.2) is 0 Å². The highest BCUT2D eigenvalue weighted by Crippen LogP contribution is 1.85. The largest absolute Gasteiger partial charge is 0.550 e. The molecule has 0 fully saturated rings. The second-order valence-corrected chi connectivity index (χ2v) is 4.80. The highest BCUT2D eigenvalue weighted by Gasteiger charge is 2.00. The van der Waals surface area contributed by atoms with Crippen molar-refractivity contribution < 1.29 is 33.4 Å². The van der Waals surface area contributed by atoms with Gasteiger partial charge >= 0.3 is 0 Å². The number of aliphatic carboxylic acids is 1. The zero-order chi connectivity index (χ0) is 18.0. The lowest BCUT2D eigenvalue weighted by atomic mass is 10.6. The Morgan fingerprint density at radius 2 is 1.54 bits per heavy atom. The molecule has 1 heterocycles. The fourth-order valence-corrected chi connectivity index (χ4v) is 1.61. The Hall–Kier alpha value is -1.48. The summed E-state index contributed by atoms with van der Waals surface area (Å²) < 4.78 is 25.3. The number of carbonyl (C=O) groups excluding carboxylic acids is 1. The van der Waals surface area contributed by atoms with Gasteiger partial charge in [0.05, 0.1) is 52.8 Å². The van der Waals surface area contributed by atoms with Gasteiger partial charge in [0.1, 0.15) is 18.9 Å². The van der Waals surface area contributed by atoms with Gasteiger partial charge in [0, 0.05) is 13.1 Å². The number of nitrogens with zero attached hydrogens (tertiary/aromatic N) is 2. The van der Waals surface area contributed by atoms with Crippen molar-refractivity contribution in [3.63, 3.8) is 0 Å². The topological polar surface area (TPSA) is 85.9 Å². The Kier molecular flexibility index (Phi) is 15.4. The first-order valence-corrected chi connectivity index (χ1v) is 8.04. The number of methoxy groups -OCH3 is 1. The lowest BCUT2D eigenvalue weighted by Gasteiger charge is -2.06. The van der Waals surface area contributed by atoms with E-state index in [1.54, 1.807) is 7.11 Å². The molecule has 0 radical (unpaired) electrons. The second-order valence-electron chi connectivity index (χ2n) is 4.80. The van der Waals surface area contributed by atoms with Crippen LogP contribution in [0.15, 0.2) is 18.7 Å². The molecule has 1 aromatic heterocycles. The average molecular weight is 346 g/mol. The lowest BCUT2D eigenvalue weighted by Crippen LogP contribution is -2.33. The van der Waals surface area contributed by atoms with E-state index in [1.165, 1.54) is 0 Å². The number of carboxylic acid groups (broad SMARTS) is 1. The zero-order valence-electron chi connectivity index (χ0n) is 14.9. The molecule has 0 saturated carbocycles. The van der Waals surface area contributed by atoms with Crippen LogP contribution in [-0.2, 0) is 36.8 Å². The molecule has 24 heavy (non-hydrogen) atoms. The van der Waals surface area contributed by atoms with Crippen molar-refractivity contribution in [2.24, 2.45) is 0 Å². The standard InChI is InChI=1S/C14H27N2O4.C2H4O2/c1-3-15-4-5-16(14-15)6-7-18-10-11-20-13-12-19-9-8-17-2;1-2(3)4/h4-5,14H,3,6-13H2,1-2H3;1H3,(H,3,4)/q+1;/p-1. The van der Waals surface area contributed by atoms with Crippen LogP contribution in [0.5, 0.6) is 0 Å². The first kappa shape index (κ1) is 22.5. The van der Waals surface area contributed by atoms with Gasteiger partial charge in [-0.05, 0) is 13.8 Å². The summed E-state index contributed by atoms with van der Waals surface area (Å²) in [5.74, 6) is -1.08. The summed E-state index contributed by atoms with van der Waals surface area (Å²) in [4.78, 5) is 8.89. The Bertz CT molecular complexity index is 407. The molecule has 0 N–H and O–H groups in total. The normalized spacial score (nSPS) is 10.3. The molecule has 0 bridgehead atoms. The van der Waals surface area contributed by atoms with Crippen molar-refractivity contribution in [3.8, 4) is 0 Å². The van der Waals surface area contributed by atoms with Crippen LogP contribution < -0.4 is 9.67 Å². The minimum Gasteiger partial charge on any atom is -0.550 e. The molecular weight excluding hydrogens is 316 g/mol. The van der Waals surface area contributed by atoms with E-state index in [0.29, 0.717) is 46.2 Å². The molecule has 0 atom stereocenters. The molecule has 0 spiro atoms. The summed E-state index contributed by atoms with van der Waals surface area (Å²) in [6.07, 6.45) is 6.20. The van der Waals surface area contributed by atoms with E-state index in [2.05, 4.69) is 34.8 Å². The second kappa shape index (κ2) is 16.4. The molecule has 0 saturated heterocycles. The molecular formula is C16H30N2O6. The number of hydrogen-bond donors (Lipinski definition) is 0. The van der Waals surface area contributed by atoms with Crippen LogP contribution in [0.2, 0.25) is 0 Å². The van der Waals surface area contributed by atoms with Gasteiger partial charge in [-0.1, -0.05) is 0 Å². The van der Waals surface area contributed by atoms with Crippen LogP contribution in [0.25, 0.3) is 0 Å². The minimum absolute atomic E-state index is 0.598. The fourth-order valence-electron chi connectivity index (χ4n) is 1.61. The van der Waals surface area contributed by atoms with Crippen molar-refractivity contribution in [1.29, 1.82) is 0 Å². The fraction of sp³-hybridized carbons (Fsp3) is 0.750. The van der Waals surface area contributed by atoms with Gasteiger partial charge in [-0.15, -0.1) is 0 Å². The van der Waals surface area contributed by atoms with E-state index in [0.717, 1.165) is 20.0 Å². The Morgan fingerprint density at radius 1 is 1.04 bits per heavy atom. The van der Waals surface area contributed by atoms with Crippen molar-refractivity contribution in [2.45, 2.75) is 26.9 Å². The van der Waals surface area contributed by atoms with Crippen molar-refractivity contribution >= 4 is 5.97 Å². The van der Waals surface area contributed by atoms with E-state index < -0.39 is 5.97 Å². The van der Waals surface area contributed by atoms with Crippen molar-refractivity contribution in [2.75, 3.05) is 53.4 Å². The molecule has 1 rings (SSSR count). The number of imidazole rings is 1. The van der Waals surface area contributed by atoms with Crippen molar-refractivity contribution in [3.05, 3.63) is 18.7 Å². The van der Waals surface area contributed by atoms with E-state index in [1.807, 2.05) is 0 Å². The molecule has 8 nitrogen and oxygen atoms in total. The van der Waals surface area contributed by atoms with Crippen LogP contribution in [0.4, 0.5) is 0 Å². The predicted octanol–water partition coefficient (Wildman–Crippen LogP) is -0.752. The summed E-state index contributed by atoms with van der Waals surface area (Å²) >= 11 is 0. The molecule has 0 aliphatic heterocycles. The molecule has 0 aliphatic carbocycles. The van der Waals surface area contributed by atoms with Crippen LogP contribution in [0.1, 0.15) is 13.8 Å². The van der Waals surface area contributed by atoms with Crippen LogP contribution in [0.3, 0.4) is 0 Å². The molecule has 8 heteroatoms. The van der Waals surface area contributed by atoms with Gasteiger partial charge in [-0.25, -0.2) is 9.13 Å². The summed E-state index contributed by atoms with van der Waals surface area (Å²) in [6, 6.07) is 0. The third-order valence-corrected chi connectivity index (χ3v) is 2.78. The van der Waals surface area contributed by atoms with Gasteiger partial charge in [-0.3, -0.25) is 0 Å².